The van der Waals surface area contributed by atoms with E-state index in [0.717, 1.165) is 32.1 Å². The Morgan fingerprint density at radius 2 is 1.77 bits per heavy atom. The molecule has 0 aromatic rings. The maximum atomic E-state index is 12.3. The summed E-state index contributed by atoms with van der Waals surface area (Å²) in [6.07, 6.45) is 6.59. The number of ether oxygens (including phenoxy) is 2. The summed E-state index contributed by atoms with van der Waals surface area (Å²) < 4.78 is 19.6. The van der Waals surface area contributed by atoms with Gasteiger partial charge in [-0.15, -0.1) is 0 Å². The molecule has 5 aliphatic rings. The number of aldehydes is 1. The molecule has 0 N–H and O–H groups in total. The lowest BCUT2D eigenvalue weighted by molar-refractivity contribution is -0.327. The fraction of sp³-hybridized carbons (Fsp3) is 0.952. The van der Waals surface area contributed by atoms with Crippen molar-refractivity contribution in [2.24, 2.45) is 22.7 Å². The summed E-state index contributed by atoms with van der Waals surface area (Å²) in [7, 11) is -1.89. The highest BCUT2D eigenvalue weighted by Crippen LogP contribution is 2.73. The van der Waals surface area contributed by atoms with Gasteiger partial charge in [0.15, 0.2) is 14.1 Å². The zero-order valence-electron chi connectivity index (χ0n) is 17.4. The molecule has 0 amide bonds. The average Bonchev–Trinajstić information content (AvgIpc) is 3.12. The highest BCUT2D eigenvalue weighted by atomic mass is 28.4. The number of hydrogen-bond acceptors (Lipinski definition) is 4. The summed E-state index contributed by atoms with van der Waals surface area (Å²) >= 11 is 0. The van der Waals surface area contributed by atoms with Gasteiger partial charge in [0.2, 0.25) is 0 Å². The SMILES string of the molecule is CC(C)(C)[Si](C)(C)O[C@@H]1CC[C@@]23CC[C@@](C)(CC24OCCO4)[C@@H](C=O)[C@H]13. The van der Waals surface area contributed by atoms with E-state index in [2.05, 4.69) is 40.8 Å². The van der Waals surface area contributed by atoms with Gasteiger partial charge in [0.05, 0.1) is 13.2 Å². The minimum atomic E-state index is -1.89. The van der Waals surface area contributed by atoms with Gasteiger partial charge in [-0.25, -0.2) is 0 Å². The minimum absolute atomic E-state index is 0.0299. The van der Waals surface area contributed by atoms with Crippen molar-refractivity contribution >= 4 is 14.6 Å². The normalized spacial score (nSPS) is 44.5. The molecule has 1 heterocycles. The third-order valence-electron chi connectivity index (χ3n) is 8.80. The Morgan fingerprint density at radius 3 is 2.35 bits per heavy atom. The van der Waals surface area contributed by atoms with Crippen molar-refractivity contribution < 1.29 is 18.7 Å². The fourth-order valence-electron chi connectivity index (χ4n) is 6.41. The van der Waals surface area contributed by atoms with Crippen LogP contribution in [0.25, 0.3) is 0 Å². The summed E-state index contributed by atoms with van der Waals surface area (Å²) in [4.78, 5) is 12.3. The zero-order chi connectivity index (χ0) is 19.0. The van der Waals surface area contributed by atoms with Gasteiger partial charge in [0.25, 0.3) is 0 Å². The van der Waals surface area contributed by atoms with E-state index in [0.29, 0.717) is 13.2 Å². The van der Waals surface area contributed by atoms with E-state index in [4.69, 9.17) is 13.9 Å². The van der Waals surface area contributed by atoms with Crippen molar-refractivity contribution in [3.63, 3.8) is 0 Å². The molecule has 0 aromatic carbocycles. The van der Waals surface area contributed by atoms with E-state index in [1.807, 2.05) is 0 Å². The van der Waals surface area contributed by atoms with Gasteiger partial charge in [0.1, 0.15) is 6.29 Å². The Hall–Kier alpha value is -0.233. The molecule has 5 rings (SSSR count). The number of carbonyl (C=O) groups excluding carboxylic acids is 1. The Balaban J connectivity index is 1.73. The van der Waals surface area contributed by atoms with E-state index in [9.17, 15) is 4.79 Å². The van der Waals surface area contributed by atoms with Gasteiger partial charge in [-0.3, -0.25) is 0 Å². The van der Waals surface area contributed by atoms with Crippen molar-refractivity contribution in [1.29, 1.82) is 0 Å². The molecule has 0 unspecified atom stereocenters. The van der Waals surface area contributed by atoms with Crippen LogP contribution in [-0.4, -0.2) is 39.7 Å². The van der Waals surface area contributed by atoms with Crippen molar-refractivity contribution in [3.8, 4) is 0 Å². The first kappa shape index (κ1) is 19.1. The van der Waals surface area contributed by atoms with Crippen molar-refractivity contribution in [2.45, 2.75) is 89.8 Å². The summed E-state index contributed by atoms with van der Waals surface area (Å²) in [6, 6.07) is 0. The first-order chi connectivity index (χ1) is 12.0. The van der Waals surface area contributed by atoms with Crippen LogP contribution < -0.4 is 0 Å². The van der Waals surface area contributed by atoms with Crippen LogP contribution in [0, 0.1) is 22.7 Å². The molecule has 2 spiro atoms. The third kappa shape index (κ3) is 2.33. The fourth-order valence-corrected chi connectivity index (χ4v) is 7.78. The molecule has 4 aliphatic carbocycles. The van der Waals surface area contributed by atoms with Gasteiger partial charge in [0, 0.05) is 29.8 Å². The van der Waals surface area contributed by atoms with Crippen molar-refractivity contribution in [3.05, 3.63) is 0 Å². The van der Waals surface area contributed by atoms with Crippen LogP contribution in [0.15, 0.2) is 0 Å². The Bertz CT molecular complexity index is 591. The molecule has 1 saturated heterocycles. The molecule has 5 atom stereocenters. The number of rotatable bonds is 3. The van der Waals surface area contributed by atoms with Crippen molar-refractivity contribution in [1.82, 2.24) is 0 Å². The van der Waals surface area contributed by atoms with Crippen LogP contribution in [0.4, 0.5) is 0 Å². The number of fused-ring (bicyclic) bond motifs is 1. The topological polar surface area (TPSA) is 44.8 Å². The van der Waals surface area contributed by atoms with Crippen LogP contribution in [-0.2, 0) is 18.7 Å². The first-order valence-electron chi connectivity index (χ1n) is 10.4. The van der Waals surface area contributed by atoms with Crippen LogP contribution in [0.5, 0.6) is 0 Å². The second kappa shape index (κ2) is 5.65. The quantitative estimate of drug-likeness (QED) is 0.533. The summed E-state index contributed by atoms with van der Waals surface area (Å²) in [5.41, 5.74) is -0.0717. The molecule has 0 radical (unpaired) electrons. The molecule has 1 aliphatic heterocycles. The number of hydrogen-bond donors (Lipinski definition) is 0. The second-order valence-electron chi connectivity index (χ2n) is 11.1. The van der Waals surface area contributed by atoms with Crippen LogP contribution in [0.3, 0.4) is 0 Å². The van der Waals surface area contributed by atoms with Crippen LogP contribution in [0.1, 0.15) is 59.8 Å². The predicted octanol–water partition coefficient (Wildman–Crippen LogP) is 4.54. The van der Waals surface area contributed by atoms with Gasteiger partial charge in [-0.05, 0) is 49.2 Å². The van der Waals surface area contributed by atoms with E-state index in [1.54, 1.807) is 0 Å². The lowest BCUT2D eigenvalue weighted by Crippen LogP contribution is -2.68. The highest BCUT2D eigenvalue weighted by molar-refractivity contribution is 6.74. The standard InChI is InChI=1S/C21H36O4Si/c1-18(2,3)26(5,6)25-16-7-8-20-10-9-19(4,15(13-22)17(16)20)14-21(20)23-11-12-24-21/h13,15-17H,7-12,14H2,1-6H3/t15-,16+,17+,19-,20-/m0/s1. The molecule has 5 fully saturated rings. The molecule has 2 bridgehead atoms. The van der Waals surface area contributed by atoms with E-state index in [1.165, 1.54) is 6.29 Å². The van der Waals surface area contributed by atoms with Gasteiger partial charge >= 0.3 is 0 Å². The molecule has 5 heteroatoms. The molecule has 0 aromatic heterocycles. The Kier molecular flexibility index (Phi) is 4.15. The monoisotopic (exact) mass is 380 g/mol. The zero-order valence-corrected chi connectivity index (χ0v) is 18.4. The Morgan fingerprint density at radius 1 is 1.12 bits per heavy atom. The summed E-state index contributed by atoms with van der Waals surface area (Å²) in [6.45, 7) is 15.2. The second-order valence-corrected chi connectivity index (χ2v) is 15.8. The van der Waals surface area contributed by atoms with Gasteiger partial charge in [-0.2, -0.15) is 0 Å². The van der Waals surface area contributed by atoms with Gasteiger partial charge in [-0.1, -0.05) is 27.7 Å². The van der Waals surface area contributed by atoms with Gasteiger partial charge < -0.3 is 18.7 Å². The molecule has 148 valence electrons. The first-order valence-corrected chi connectivity index (χ1v) is 13.3. The summed E-state index contributed by atoms with van der Waals surface area (Å²) in [5.74, 6) is -0.179. The predicted molar refractivity (Wildman–Crippen MR) is 103 cm³/mol. The van der Waals surface area contributed by atoms with E-state index in [-0.39, 0.29) is 33.8 Å². The minimum Gasteiger partial charge on any atom is -0.414 e. The molecular formula is C21H36O4Si. The maximum Gasteiger partial charge on any atom is 0.192 e. The average molecular weight is 381 g/mol. The third-order valence-corrected chi connectivity index (χ3v) is 13.3. The number of carbonyl (C=O) groups is 1. The molecule has 4 nitrogen and oxygen atoms in total. The molecular weight excluding hydrogens is 344 g/mol. The smallest absolute Gasteiger partial charge is 0.192 e. The lowest BCUT2D eigenvalue weighted by atomic mass is 9.43. The Labute approximate surface area is 159 Å². The summed E-state index contributed by atoms with van der Waals surface area (Å²) in [5, 5.41) is 0.176. The molecule has 4 saturated carbocycles. The van der Waals surface area contributed by atoms with E-state index < -0.39 is 14.1 Å². The molecule has 26 heavy (non-hydrogen) atoms. The van der Waals surface area contributed by atoms with E-state index >= 15 is 0 Å². The van der Waals surface area contributed by atoms with Crippen LogP contribution in [0.2, 0.25) is 18.1 Å². The highest BCUT2D eigenvalue weighted by Gasteiger charge is 2.75. The maximum absolute atomic E-state index is 12.3. The van der Waals surface area contributed by atoms with Crippen LogP contribution >= 0.6 is 0 Å². The lowest BCUT2D eigenvalue weighted by Gasteiger charge is -2.65. The van der Waals surface area contributed by atoms with Crippen molar-refractivity contribution in [2.75, 3.05) is 13.2 Å². The largest absolute Gasteiger partial charge is 0.414 e.